The molecule has 2 nitrogen and oxygen atoms in total. The second-order valence-corrected chi connectivity index (χ2v) is 9.58. The second-order valence-electron chi connectivity index (χ2n) is 7.28. The van der Waals surface area contributed by atoms with E-state index in [4.69, 9.17) is 0 Å². The lowest BCUT2D eigenvalue weighted by Crippen LogP contribution is -1.98. The van der Waals surface area contributed by atoms with Crippen molar-refractivity contribution in [3.05, 3.63) is 35.9 Å². The molecule has 1 aliphatic heterocycles. The Morgan fingerprint density at radius 2 is 1.20 bits per heavy atom. The van der Waals surface area contributed by atoms with Gasteiger partial charge in [-0.3, -0.25) is 0 Å². The highest BCUT2D eigenvalue weighted by Crippen LogP contribution is 2.12. The summed E-state index contributed by atoms with van der Waals surface area (Å²) in [6, 6.07) is 10.9. The van der Waals surface area contributed by atoms with Crippen LogP contribution in [0.4, 0.5) is 0 Å². The number of sulfone groups is 1. The molecule has 0 amide bonds. The Hall–Kier alpha value is -0.830. The Kier molecular flexibility index (Phi) is 12.8. The first-order valence-electron chi connectivity index (χ1n) is 10.4. The molecule has 3 heteroatoms. The predicted molar refractivity (Wildman–Crippen MR) is 110 cm³/mol. The van der Waals surface area contributed by atoms with E-state index in [1.54, 1.807) is 0 Å². The lowest BCUT2D eigenvalue weighted by atomic mass is 10.0. The van der Waals surface area contributed by atoms with Gasteiger partial charge in [0.15, 0.2) is 0 Å². The van der Waals surface area contributed by atoms with Crippen molar-refractivity contribution in [1.29, 1.82) is 0 Å². The fourth-order valence-corrected chi connectivity index (χ4v) is 4.70. The van der Waals surface area contributed by atoms with Crippen LogP contribution in [-0.4, -0.2) is 19.9 Å². The summed E-state index contributed by atoms with van der Waals surface area (Å²) in [5.41, 5.74) is 1.50. The average Bonchev–Trinajstić information content (AvgIpc) is 3.02. The molecule has 0 aromatic heterocycles. The van der Waals surface area contributed by atoms with Gasteiger partial charge in [0.05, 0.1) is 11.5 Å². The number of hydrogen-bond acceptors (Lipinski definition) is 2. The summed E-state index contributed by atoms with van der Waals surface area (Å²) in [6.45, 7) is 2.28. The van der Waals surface area contributed by atoms with Gasteiger partial charge in [-0.2, -0.15) is 0 Å². The van der Waals surface area contributed by atoms with Crippen molar-refractivity contribution < 1.29 is 8.42 Å². The molecule has 1 aromatic carbocycles. The summed E-state index contributed by atoms with van der Waals surface area (Å²) in [5.74, 6) is 0.847. The zero-order valence-corrected chi connectivity index (χ0v) is 17.0. The first kappa shape index (κ1) is 22.2. The predicted octanol–water partition coefficient (Wildman–Crippen LogP) is 6.35. The van der Waals surface area contributed by atoms with Crippen LogP contribution in [0.2, 0.25) is 0 Å². The Balaban J connectivity index is 0.000000370. The van der Waals surface area contributed by atoms with E-state index in [-0.39, 0.29) is 0 Å². The molecule has 0 saturated carbocycles. The number of aryl methyl sites for hydroxylation is 1. The fraction of sp³-hybridized carbons (Fsp3) is 0.727. The quantitative estimate of drug-likeness (QED) is 0.428. The fourth-order valence-electron chi connectivity index (χ4n) is 3.21. The average molecular weight is 367 g/mol. The molecule has 0 unspecified atom stereocenters. The largest absolute Gasteiger partial charge is 0.229 e. The zero-order chi connectivity index (χ0) is 18.2. The highest BCUT2D eigenvalue weighted by Gasteiger charge is 2.16. The van der Waals surface area contributed by atoms with Gasteiger partial charge in [-0.05, 0) is 31.2 Å². The van der Waals surface area contributed by atoms with E-state index in [2.05, 4.69) is 37.3 Å². The molecule has 1 aromatic rings. The standard InChI is InChI=1S/C18H30.C4H8O2S/c1-2-3-4-5-6-7-8-9-10-12-15-18-16-13-11-14-17-18;5-7(6)3-1-2-4-7/h11,13-14,16-17H,2-10,12,15H2,1H3;1-4H2. The summed E-state index contributed by atoms with van der Waals surface area (Å²) in [6.07, 6.45) is 17.3. The van der Waals surface area contributed by atoms with Crippen molar-refractivity contribution in [3.8, 4) is 0 Å². The lowest BCUT2D eigenvalue weighted by molar-refractivity contribution is 0.556. The molecule has 0 bridgehead atoms. The van der Waals surface area contributed by atoms with E-state index < -0.39 is 9.84 Å². The van der Waals surface area contributed by atoms with Crippen molar-refractivity contribution in [3.63, 3.8) is 0 Å². The van der Waals surface area contributed by atoms with Gasteiger partial charge in [0, 0.05) is 0 Å². The summed E-state index contributed by atoms with van der Waals surface area (Å²) in [4.78, 5) is 0. The molecular weight excluding hydrogens is 328 g/mol. The Labute approximate surface area is 156 Å². The number of rotatable bonds is 11. The van der Waals surface area contributed by atoms with Crippen LogP contribution in [0.1, 0.15) is 89.5 Å². The molecule has 25 heavy (non-hydrogen) atoms. The molecule has 0 spiro atoms. The number of benzene rings is 1. The summed E-state index contributed by atoms with van der Waals surface area (Å²) >= 11 is 0. The maximum absolute atomic E-state index is 10.4. The smallest absolute Gasteiger partial charge is 0.150 e. The minimum absolute atomic E-state index is 0.424. The molecule has 1 fully saturated rings. The highest BCUT2D eigenvalue weighted by molar-refractivity contribution is 7.91. The van der Waals surface area contributed by atoms with Crippen LogP contribution >= 0.6 is 0 Å². The van der Waals surface area contributed by atoms with E-state index in [1.807, 2.05) is 0 Å². The molecule has 0 radical (unpaired) electrons. The normalized spacial score (nSPS) is 15.6. The van der Waals surface area contributed by atoms with Gasteiger partial charge >= 0.3 is 0 Å². The third kappa shape index (κ3) is 13.1. The van der Waals surface area contributed by atoms with Crippen LogP contribution < -0.4 is 0 Å². The van der Waals surface area contributed by atoms with Crippen LogP contribution in [0.3, 0.4) is 0 Å². The van der Waals surface area contributed by atoms with E-state index >= 15 is 0 Å². The third-order valence-corrected chi connectivity index (χ3v) is 6.64. The topological polar surface area (TPSA) is 34.1 Å². The van der Waals surface area contributed by atoms with Gasteiger partial charge in [-0.25, -0.2) is 8.42 Å². The molecule has 2 rings (SSSR count). The van der Waals surface area contributed by atoms with Gasteiger partial charge in [-0.15, -0.1) is 0 Å². The Morgan fingerprint density at radius 1 is 0.720 bits per heavy atom. The van der Waals surface area contributed by atoms with Crippen molar-refractivity contribution in [1.82, 2.24) is 0 Å². The maximum atomic E-state index is 10.4. The van der Waals surface area contributed by atoms with Gasteiger partial charge in [0.2, 0.25) is 0 Å². The Morgan fingerprint density at radius 3 is 1.64 bits per heavy atom. The van der Waals surface area contributed by atoms with Crippen molar-refractivity contribution in [2.75, 3.05) is 11.5 Å². The molecule has 144 valence electrons. The maximum Gasteiger partial charge on any atom is 0.150 e. The number of unbranched alkanes of at least 4 members (excludes halogenated alkanes) is 9. The monoisotopic (exact) mass is 366 g/mol. The second kappa shape index (κ2) is 14.4. The first-order valence-corrected chi connectivity index (χ1v) is 12.2. The SMILES string of the molecule is CCCCCCCCCCCCc1ccccc1.O=S1(=O)CCCC1. The zero-order valence-electron chi connectivity index (χ0n) is 16.2. The molecule has 1 heterocycles. The van der Waals surface area contributed by atoms with Gasteiger partial charge in [0.25, 0.3) is 0 Å². The van der Waals surface area contributed by atoms with Crippen LogP contribution in [0.5, 0.6) is 0 Å². The van der Waals surface area contributed by atoms with Crippen LogP contribution in [0.25, 0.3) is 0 Å². The first-order chi connectivity index (χ1) is 12.1. The van der Waals surface area contributed by atoms with Crippen molar-refractivity contribution in [2.24, 2.45) is 0 Å². The minimum atomic E-state index is -2.55. The van der Waals surface area contributed by atoms with E-state index in [9.17, 15) is 8.42 Å². The highest BCUT2D eigenvalue weighted by atomic mass is 32.2. The van der Waals surface area contributed by atoms with Crippen molar-refractivity contribution in [2.45, 2.75) is 90.4 Å². The molecule has 1 saturated heterocycles. The number of hydrogen-bond donors (Lipinski definition) is 0. The minimum Gasteiger partial charge on any atom is -0.229 e. The summed E-state index contributed by atoms with van der Waals surface area (Å²) in [5, 5.41) is 0. The Bertz CT molecular complexity index is 496. The molecule has 0 atom stereocenters. The summed E-state index contributed by atoms with van der Waals surface area (Å²) < 4.78 is 20.9. The summed E-state index contributed by atoms with van der Waals surface area (Å²) in [7, 11) is -2.55. The van der Waals surface area contributed by atoms with Crippen LogP contribution in [-0.2, 0) is 16.3 Å². The van der Waals surface area contributed by atoms with Gasteiger partial charge < -0.3 is 0 Å². The van der Waals surface area contributed by atoms with Gasteiger partial charge in [0.1, 0.15) is 9.84 Å². The lowest BCUT2D eigenvalue weighted by Gasteiger charge is -2.03. The van der Waals surface area contributed by atoms with E-state index in [1.165, 1.54) is 76.2 Å². The van der Waals surface area contributed by atoms with Crippen molar-refractivity contribution >= 4 is 9.84 Å². The van der Waals surface area contributed by atoms with E-state index in [0.717, 1.165) is 12.8 Å². The molecule has 0 N–H and O–H groups in total. The molecule has 1 aliphatic rings. The van der Waals surface area contributed by atoms with Crippen LogP contribution in [0.15, 0.2) is 30.3 Å². The molecular formula is C22H38O2S. The van der Waals surface area contributed by atoms with Gasteiger partial charge in [-0.1, -0.05) is 95.0 Å². The van der Waals surface area contributed by atoms with E-state index in [0.29, 0.717) is 11.5 Å². The third-order valence-electron chi connectivity index (χ3n) is 4.82. The molecule has 0 aliphatic carbocycles. The van der Waals surface area contributed by atoms with Crippen LogP contribution in [0, 0.1) is 0 Å².